The molecule has 0 aliphatic rings. The van der Waals surface area contributed by atoms with Crippen LogP contribution in [0.4, 0.5) is 22.7 Å². The summed E-state index contributed by atoms with van der Waals surface area (Å²) in [5.41, 5.74) is -0.918. The molecule has 0 heterocycles. The van der Waals surface area contributed by atoms with E-state index < -0.39 is 59.7 Å². The van der Waals surface area contributed by atoms with Crippen LogP contribution in [-0.4, -0.2) is 102 Å². The predicted molar refractivity (Wildman–Crippen MR) is 188 cm³/mol. The van der Waals surface area contributed by atoms with E-state index >= 15 is 0 Å². The Balaban J connectivity index is 1.87. The molecule has 3 aromatic carbocycles. The summed E-state index contributed by atoms with van der Waals surface area (Å²) in [4.78, 5) is 100. The summed E-state index contributed by atoms with van der Waals surface area (Å²) >= 11 is 6.36. The minimum Gasteiger partial charge on any atom is -0.467 e. The Morgan fingerprint density at radius 1 is 0.527 bits per heavy atom. The third-order valence-electron chi connectivity index (χ3n) is 7.05. The van der Waals surface area contributed by atoms with Crippen molar-refractivity contribution in [3.63, 3.8) is 0 Å². The number of carbonyl (C=O) groups excluding carboxylic acids is 8. The van der Waals surface area contributed by atoms with Crippen LogP contribution in [0, 0.1) is 0 Å². The van der Waals surface area contributed by atoms with Crippen LogP contribution in [0.5, 0.6) is 0 Å². The fourth-order valence-electron chi connectivity index (χ4n) is 4.27. The van der Waals surface area contributed by atoms with E-state index in [1.807, 2.05) is 0 Å². The first kappa shape index (κ1) is 42.3. The van der Waals surface area contributed by atoms with Gasteiger partial charge in [0.05, 0.1) is 75.6 Å². The molecule has 288 valence electrons. The van der Waals surface area contributed by atoms with E-state index in [0.717, 1.165) is 54.8 Å². The molecule has 2 amide bonds. The highest BCUT2D eigenvalue weighted by Crippen LogP contribution is 2.28. The number of halogens is 1. The largest absolute Gasteiger partial charge is 0.467 e. The molecule has 0 saturated carbocycles. The standard InChI is InChI=1S/C34H31ClN6O14/c1-50-29(44)16-7-10-19(31(46)52-3)23(13-16)38-40-25(33(48)54-5)27(42)36-18-9-12-22(21(35)15-18)37-28(43)26(34(49)55-6)41-39-24-14-17(30(45)51-2)8-11-20(24)32(47)53-4/h7-15,25-26H,1-6H3,(H,36,42)(H,37,43)/b40-38+,41-39+. The Labute approximate surface area is 316 Å². The summed E-state index contributed by atoms with van der Waals surface area (Å²) in [7, 11) is 6.45. The molecule has 3 rings (SSSR count). The second-order valence-electron chi connectivity index (χ2n) is 10.4. The Hall–Kier alpha value is -7.09. The van der Waals surface area contributed by atoms with E-state index in [9.17, 15) is 38.4 Å². The molecule has 2 N–H and O–H groups in total. The summed E-state index contributed by atoms with van der Waals surface area (Å²) in [5.74, 6) is -7.73. The average Bonchev–Trinajstić information content (AvgIpc) is 3.20. The summed E-state index contributed by atoms with van der Waals surface area (Å²) in [6.45, 7) is 0. The maximum atomic E-state index is 13.2. The van der Waals surface area contributed by atoms with Crippen LogP contribution in [0.15, 0.2) is 75.1 Å². The number of azo groups is 2. The van der Waals surface area contributed by atoms with E-state index in [2.05, 4.69) is 50.0 Å². The third-order valence-corrected chi connectivity index (χ3v) is 7.36. The molecule has 0 saturated heterocycles. The van der Waals surface area contributed by atoms with Crippen LogP contribution >= 0.6 is 11.6 Å². The molecule has 0 aromatic heterocycles. The molecule has 0 aliphatic heterocycles. The van der Waals surface area contributed by atoms with Crippen molar-refractivity contribution in [1.29, 1.82) is 0 Å². The molecular weight excluding hydrogens is 752 g/mol. The van der Waals surface area contributed by atoms with Gasteiger partial charge < -0.3 is 39.1 Å². The van der Waals surface area contributed by atoms with Crippen LogP contribution in [0.3, 0.4) is 0 Å². The van der Waals surface area contributed by atoms with Gasteiger partial charge in [0.25, 0.3) is 11.8 Å². The zero-order valence-corrected chi connectivity index (χ0v) is 30.5. The van der Waals surface area contributed by atoms with Gasteiger partial charge in [-0.05, 0) is 54.6 Å². The van der Waals surface area contributed by atoms with Gasteiger partial charge in [0.15, 0.2) is 0 Å². The highest BCUT2D eigenvalue weighted by Gasteiger charge is 2.30. The number of benzene rings is 3. The first-order valence-electron chi connectivity index (χ1n) is 15.2. The van der Waals surface area contributed by atoms with Gasteiger partial charge in [0.1, 0.15) is 11.4 Å². The number of ether oxygens (including phenoxy) is 6. The van der Waals surface area contributed by atoms with Gasteiger partial charge in [0.2, 0.25) is 12.1 Å². The summed E-state index contributed by atoms with van der Waals surface area (Å²) in [5, 5.41) is 19.7. The normalized spacial score (nSPS) is 11.8. The Kier molecular flexibility index (Phi) is 15.1. The molecule has 0 spiro atoms. The van der Waals surface area contributed by atoms with E-state index in [1.165, 1.54) is 42.5 Å². The van der Waals surface area contributed by atoms with Gasteiger partial charge in [-0.2, -0.15) is 20.5 Å². The van der Waals surface area contributed by atoms with Gasteiger partial charge in [0, 0.05) is 5.69 Å². The van der Waals surface area contributed by atoms with Crippen LogP contribution < -0.4 is 10.6 Å². The van der Waals surface area contributed by atoms with Gasteiger partial charge in [-0.1, -0.05) is 11.6 Å². The number of esters is 6. The van der Waals surface area contributed by atoms with Crippen molar-refractivity contribution in [1.82, 2.24) is 0 Å². The Morgan fingerprint density at radius 3 is 1.33 bits per heavy atom. The quantitative estimate of drug-likeness (QED) is 0.101. The van der Waals surface area contributed by atoms with Crippen LogP contribution in [0.2, 0.25) is 5.02 Å². The number of hydrogen-bond acceptors (Lipinski definition) is 18. The minimum absolute atomic E-state index is 0.00919. The molecule has 20 nitrogen and oxygen atoms in total. The lowest BCUT2D eigenvalue weighted by Gasteiger charge is -2.14. The second-order valence-corrected chi connectivity index (χ2v) is 10.8. The van der Waals surface area contributed by atoms with E-state index in [-0.39, 0.29) is 50.0 Å². The topological polar surface area (TPSA) is 265 Å². The number of carbonyl (C=O) groups is 8. The number of methoxy groups -OCH3 is 6. The van der Waals surface area contributed by atoms with E-state index in [4.69, 9.17) is 21.1 Å². The van der Waals surface area contributed by atoms with E-state index in [0.29, 0.717) is 0 Å². The van der Waals surface area contributed by atoms with Crippen molar-refractivity contribution in [2.75, 3.05) is 53.3 Å². The maximum Gasteiger partial charge on any atom is 0.342 e. The lowest BCUT2D eigenvalue weighted by Crippen LogP contribution is -2.34. The SMILES string of the molecule is COC(=O)c1ccc(C(=O)OC)c(/N=N/C(C(=O)Nc2ccc(NC(=O)C(/N=N/c3cc(C(=O)OC)ccc3C(=O)OC)C(=O)OC)c(Cl)c2)C(=O)OC)c1. The molecule has 2 unspecified atom stereocenters. The van der Waals surface area contributed by atoms with Crippen LogP contribution in [0.1, 0.15) is 41.4 Å². The number of nitrogens with one attached hydrogen (secondary N) is 2. The monoisotopic (exact) mass is 782 g/mol. The fourth-order valence-corrected chi connectivity index (χ4v) is 4.49. The third kappa shape index (κ3) is 10.7. The molecular formula is C34H31ClN6O14. The summed E-state index contributed by atoms with van der Waals surface area (Å²) in [6, 6.07) is 7.00. The van der Waals surface area contributed by atoms with Crippen molar-refractivity contribution >= 4 is 82.0 Å². The smallest absolute Gasteiger partial charge is 0.342 e. The Bertz CT molecular complexity index is 2090. The number of anilines is 2. The predicted octanol–water partition coefficient (Wildman–Crippen LogP) is 4.01. The number of rotatable bonds is 14. The van der Waals surface area contributed by atoms with Crippen molar-refractivity contribution in [2.24, 2.45) is 20.5 Å². The van der Waals surface area contributed by atoms with E-state index in [1.54, 1.807) is 0 Å². The zero-order valence-electron chi connectivity index (χ0n) is 29.7. The first-order valence-corrected chi connectivity index (χ1v) is 15.6. The molecule has 0 bridgehead atoms. The molecule has 0 aliphatic carbocycles. The second kappa shape index (κ2) is 19.7. The molecule has 3 aromatic rings. The first-order chi connectivity index (χ1) is 26.2. The van der Waals surface area contributed by atoms with Gasteiger partial charge in [-0.25, -0.2) is 28.8 Å². The molecule has 2 atom stereocenters. The van der Waals surface area contributed by atoms with Crippen molar-refractivity contribution in [3.8, 4) is 0 Å². The van der Waals surface area contributed by atoms with Crippen LogP contribution in [-0.2, 0) is 47.6 Å². The highest BCUT2D eigenvalue weighted by molar-refractivity contribution is 6.34. The fraction of sp³-hybridized carbons (Fsp3) is 0.235. The molecule has 0 radical (unpaired) electrons. The minimum atomic E-state index is -1.95. The summed E-state index contributed by atoms with van der Waals surface area (Å²) < 4.78 is 28.1. The molecule has 55 heavy (non-hydrogen) atoms. The average molecular weight is 783 g/mol. The van der Waals surface area contributed by atoms with Crippen molar-refractivity contribution < 1.29 is 66.8 Å². The van der Waals surface area contributed by atoms with Gasteiger partial charge in [-0.15, -0.1) is 0 Å². The van der Waals surface area contributed by atoms with Crippen molar-refractivity contribution in [3.05, 3.63) is 81.9 Å². The number of hydrogen-bond donors (Lipinski definition) is 2. The maximum absolute atomic E-state index is 13.2. The summed E-state index contributed by atoms with van der Waals surface area (Å²) in [6.07, 6.45) is 0. The molecule has 0 fully saturated rings. The molecule has 21 heteroatoms. The van der Waals surface area contributed by atoms with Crippen molar-refractivity contribution in [2.45, 2.75) is 12.1 Å². The number of nitrogens with zero attached hydrogens (tertiary/aromatic N) is 4. The lowest BCUT2D eigenvalue weighted by atomic mass is 10.1. The van der Waals surface area contributed by atoms with Crippen LogP contribution in [0.25, 0.3) is 0 Å². The van der Waals surface area contributed by atoms with Gasteiger partial charge in [-0.3, -0.25) is 9.59 Å². The number of amides is 2. The highest BCUT2D eigenvalue weighted by atomic mass is 35.5. The Morgan fingerprint density at radius 2 is 0.945 bits per heavy atom. The zero-order chi connectivity index (χ0) is 40.8. The van der Waals surface area contributed by atoms with Gasteiger partial charge >= 0.3 is 35.8 Å². The lowest BCUT2D eigenvalue weighted by molar-refractivity contribution is -0.146.